The molecule has 0 saturated heterocycles. The highest BCUT2D eigenvalue weighted by atomic mass is 16.5. The highest BCUT2D eigenvalue weighted by Gasteiger charge is 2.21. The summed E-state index contributed by atoms with van der Waals surface area (Å²) in [7, 11) is 1.74. The summed E-state index contributed by atoms with van der Waals surface area (Å²) in [6.45, 7) is 5.68. The fraction of sp³-hybridized carbons (Fsp3) is 0.600. The monoisotopic (exact) mass is 233 g/mol. The van der Waals surface area contributed by atoms with E-state index in [9.17, 15) is 0 Å². The van der Waals surface area contributed by atoms with Crippen molar-refractivity contribution < 1.29 is 4.74 Å². The molecular formula is C15H23NO. The van der Waals surface area contributed by atoms with Gasteiger partial charge in [-0.3, -0.25) is 0 Å². The van der Waals surface area contributed by atoms with Crippen molar-refractivity contribution in [2.45, 2.75) is 39.2 Å². The second kappa shape index (κ2) is 5.54. The largest absolute Gasteiger partial charge is 0.497 e. The Kier molecular flexibility index (Phi) is 4.06. The minimum absolute atomic E-state index is 0.527. The van der Waals surface area contributed by atoms with Gasteiger partial charge < -0.3 is 10.1 Å². The second-order valence-corrected chi connectivity index (χ2v) is 5.07. The zero-order valence-electron chi connectivity index (χ0n) is 11.1. The molecule has 1 aromatic rings. The van der Waals surface area contributed by atoms with Gasteiger partial charge in [-0.2, -0.15) is 0 Å². The summed E-state index contributed by atoms with van der Waals surface area (Å²) in [6.07, 6.45) is 3.60. The molecule has 1 aromatic carbocycles. The number of methoxy groups -OCH3 is 1. The molecule has 1 aliphatic heterocycles. The molecular weight excluding hydrogens is 210 g/mol. The Bertz CT molecular complexity index is 375. The van der Waals surface area contributed by atoms with Crippen LogP contribution in [0.3, 0.4) is 0 Å². The van der Waals surface area contributed by atoms with Gasteiger partial charge >= 0.3 is 0 Å². The van der Waals surface area contributed by atoms with Crippen molar-refractivity contribution in [2.24, 2.45) is 5.92 Å². The van der Waals surface area contributed by atoms with Gasteiger partial charge in [0.05, 0.1) is 7.11 Å². The highest BCUT2D eigenvalue weighted by Crippen LogP contribution is 2.31. The van der Waals surface area contributed by atoms with E-state index in [2.05, 4.69) is 37.4 Å². The van der Waals surface area contributed by atoms with Gasteiger partial charge in [-0.05, 0) is 48.6 Å². The van der Waals surface area contributed by atoms with Crippen LogP contribution in [0, 0.1) is 5.92 Å². The molecule has 1 N–H and O–H groups in total. The standard InChI is InChI=1S/C15H23NO/c1-4-11(2)9-15-14-6-5-13(17-3)10-12(14)7-8-16-15/h5-6,10-11,15-16H,4,7-9H2,1-3H3. The summed E-state index contributed by atoms with van der Waals surface area (Å²) < 4.78 is 5.30. The molecule has 1 aliphatic rings. The van der Waals surface area contributed by atoms with E-state index in [4.69, 9.17) is 4.74 Å². The van der Waals surface area contributed by atoms with Gasteiger partial charge in [-0.15, -0.1) is 0 Å². The SMILES string of the molecule is CCC(C)CC1NCCc2cc(OC)ccc21. The molecule has 0 fully saturated rings. The van der Waals surface area contributed by atoms with Crippen LogP contribution in [0.5, 0.6) is 5.75 Å². The molecule has 2 nitrogen and oxygen atoms in total. The van der Waals surface area contributed by atoms with Crippen molar-refractivity contribution >= 4 is 0 Å². The zero-order chi connectivity index (χ0) is 12.3. The Morgan fingerprint density at radius 3 is 3.00 bits per heavy atom. The number of nitrogens with one attached hydrogen (secondary N) is 1. The number of hydrogen-bond donors (Lipinski definition) is 1. The Morgan fingerprint density at radius 1 is 1.47 bits per heavy atom. The fourth-order valence-electron chi connectivity index (χ4n) is 2.54. The number of benzene rings is 1. The first-order chi connectivity index (χ1) is 8.24. The van der Waals surface area contributed by atoms with Crippen molar-refractivity contribution in [2.75, 3.05) is 13.7 Å². The summed E-state index contributed by atoms with van der Waals surface area (Å²) in [5.41, 5.74) is 2.92. The molecule has 1 heterocycles. The Balaban J connectivity index is 2.19. The highest BCUT2D eigenvalue weighted by molar-refractivity contribution is 5.39. The van der Waals surface area contributed by atoms with Crippen molar-refractivity contribution in [3.05, 3.63) is 29.3 Å². The summed E-state index contributed by atoms with van der Waals surface area (Å²) >= 11 is 0. The van der Waals surface area contributed by atoms with Crippen molar-refractivity contribution in [1.29, 1.82) is 0 Å². The quantitative estimate of drug-likeness (QED) is 0.861. The third kappa shape index (κ3) is 2.81. The first kappa shape index (κ1) is 12.4. The van der Waals surface area contributed by atoms with E-state index in [1.54, 1.807) is 7.11 Å². The maximum Gasteiger partial charge on any atom is 0.119 e. The molecule has 0 aromatic heterocycles. The van der Waals surface area contributed by atoms with E-state index in [1.807, 2.05) is 0 Å². The molecule has 0 aliphatic carbocycles. The van der Waals surface area contributed by atoms with Crippen molar-refractivity contribution in [3.8, 4) is 5.75 Å². The maximum absolute atomic E-state index is 5.30. The maximum atomic E-state index is 5.30. The van der Waals surface area contributed by atoms with E-state index >= 15 is 0 Å². The average Bonchev–Trinajstić information content (AvgIpc) is 2.38. The third-order valence-corrected chi connectivity index (χ3v) is 3.85. The lowest BCUT2D eigenvalue weighted by Gasteiger charge is -2.29. The fourth-order valence-corrected chi connectivity index (χ4v) is 2.54. The Hall–Kier alpha value is -1.02. The molecule has 94 valence electrons. The second-order valence-electron chi connectivity index (χ2n) is 5.07. The first-order valence-corrected chi connectivity index (χ1v) is 6.64. The topological polar surface area (TPSA) is 21.3 Å². The molecule has 2 heteroatoms. The molecule has 0 spiro atoms. The van der Waals surface area contributed by atoms with Crippen LogP contribution < -0.4 is 10.1 Å². The van der Waals surface area contributed by atoms with Gasteiger partial charge in [-0.25, -0.2) is 0 Å². The molecule has 0 radical (unpaired) electrons. The van der Waals surface area contributed by atoms with Gasteiger partial charge in [0.1, 0.15) is 5.75 Å². The molecule has 17 heavy (non-hydrogen) atoms. The predicted molar refractivity (Wildman–Crippen MR) is 71.5 cm³/mol. The normalized spacial score (nSPS) is 20.8. The molecule has 0 amide bonds. The van der Waals surface area contributed by atoms with Crippen molar-refractivity contribution in [3.63, 3.8) is 0 Å². The van der Waals surface area contributed by atoms with E-state index in [-0.39, 0.29) is 0 Å². The minimum Gasteiger partial charge on any atom is -0.497 e. The lowest BCUT2D eigenvalue weighted by atomic mass is 9.88. The smallest absolute Gasteiger partial charge is 0.119 e. The minimum atomic E-state index is 0.527. The molecule has 2 unspecified atom stereocenters. The van der Waals surface area contributed by atoms with E-state index < -0.39 is 0 Å². The average molecular weight is 233 g/mol. The lowest BCUT2D eigenvalue weighted by molar-refractivity contribution is 0.386. The Labute approximate surface area is 104 Å². The summed E-state index contributed by atoms with van der Waals surface area (Å²) in [4.78, 5) is 0. The van der Waals surface area contributed by atoms with Crippen LogP contribution in [0.15, 0.2) is 18.2 Å². The number of fused-ring (bicyclic) bond motifs is 1. The molecule has 0 saturated carbocycles. The summed E-state index contributed by atoms with van der Waals surface area (Å²) in [5.74, 6) is 1.76. The van der Waals surface area contributed by atoms with Crippen LogP contribution in [0.25, 0.3) is 0 Å². The van der Waals surface area contributed by atoms with Crippen LogP contribution in [0.2, 0.25) is 0 Å². The molecule has 0 bridgehead atoms. The molecule has 2 rings (SSSR count). The van der Waals surface area contributed by atoms with Gasteiger partial charge in [-0.1, -0.05) is 26.3 Å². The van der Waals surface area contributed by atoms with Crippen molar-refractivity contribution in [1.82, 2.24) is 5.32 Å². The summed E-state index contributed by atoms with van der Waals surface area (Å²) in [6, 6.07) is 7.03. The van der Waals surface area contributed by atoms with Crippen LogP contribution in [0.1, 0.15) is 43.9 Å². The first-order valence-electron chi connectivity index (χ1n) is 6.64. The number of ether oxygens (including phenoxy) is 1. The van der Waals surface area contributed by atoms with E-state index in [0.29, 0.717) is 6.04 Å². The molecule has 2 atom stereocenters. The van der Waals surface area contributed by atoms with E-state index in [1.165, 1.54) is 24.0 Å². The lowest BCUT2D eigenvalue weighted by Crippen LogP contribution is -2.30. The zero-order valence-corrected chi connectivity index (χ0v) is 11.1. The van der Waals surface area contributed by atoms with Crippen LogP contribution in [-0.4, -0.2) is 13.7 Å². The van der Waals surface area contributed by atoms with Crippen LogP contribution in [-0.2, 0) is 6.42 Å². The van der Waals surface area contributed by atoms with Crippen LogP contribution in [0.4, 0.5) is 0 Å². The van der Waals surface area contributed by atoms with Gasteiger partial charge in [0.15, 0.2) is 0 Å². The van der Waals surface area contributed by atoms with E-state index in [0.717, 1.165) is 24.6 Å². The predicted octanol–water partition coefficient (Wildman–Crippen LogP) is 3.32. The number of rotatable bonds is 4. The van der Waals surface area contributed by atoms with Gasteiger partial charge in [0.25, 0.3) is 0 Å². The summed E-state index contributed by atoms with van der Waals surface area (Å²) in [5, 5.41) is 3.64. The third-order valence-electron chi connectivity index (χ3n) is 3.85. The van der Waals surface area contributed by atoms with Gasteiger partial charge in [0, 0.05) is 6.04 Å². The van der Waals surface area contributed by atoms with Crippen LogP contribution >= 0.6 is 0 Å². The number of hydrogen-bond acceptors (Lipinski definition) is 2. The Morgan fingerprint density at radius 2 is 2.29 bits per heavy atom. The van der Waals surface area contributed by atoms with Gasteiger partial charge in [0.2, 0.25) is 0 Å².